The summed E-state index contributed by atoms with van der Waals surface area (Å²) in [6.07, 6.45) is 0.589. The summed E-state index contributed by atoms with van der Waals surface area (Å²) in [6, 6.07) is 14.4. The molecule has 2 heterocycles. The third kappa shape index (κ3) is 3.15. The number of fused-ring (bicyclic) bond motifs is 1. The predicted octanol–water partition coefficient (Wildman–Crippen LogP) is 2.95. The molecular formula is C19H17BrN4O3S. The largest absolute Gasteiger partial charge is 0.306 e. The number of nitrogens with one attached hydrogen (secondary N) is 2. The SMILES string of the molecule is CNS(=O)(=O)c1ccc2c(c1)CCN2C(=O)c1[nH]nc(-c2ccccc2)c1Br. The van der Waals surface area contributed by atoms with Crippen molar-refractivity contribution in [1.29, 1.82) is 0 Å². The summed E-state index contributed by atoms with van der Waals surface area (Å²) in [4.78, 5) is 14.9. The van der Waals surface area contributed by atoms with E-state index in [1.165, 1.54) is 13.1 Å². The highest BCUT2D eigenvalue weighted by atomic mass is 79.9. The van der Waals surface area contributed by atoms with Gasteiger partial charge in [-0.05, 0) is 53.2 Å². The Morgan fingerprint density at radius 1 is 1.21 bits per heavy atom. The lowest BCUT2D eigenvalue weighted by Gasteiger charge is -2.17. The standard InChI is InChI=1S/C19H17BrN4O3S/c1-21-28(26,27)14-7-8-15-13(11-14)9-10-24(15)19(25)18-16(20)17(22-23-18)12-5-3-2-4-6-12/h2-8,11,21H,9-10H2,1H3,(H,22,23). The van der Waals surface area contributed by atoms with Gasteiger partial charge in [-0.1, -0.05) is 30.3 Å². The van der Waals surface area contributed by atoms with Crippen molar-refractivity contribution in [3.8, 4) is 11.3 Å². The van der Waals surface area contributed by atoms with Crippen molar-refractivity contribution in [2.45, 2.75) is 11.3 Å². The monoisotopic (exact) mass is 460 g/mol. The number of carbonyl (C=O) groups excluding carboxylic acids is 1. The van der Waals surface area contributed by atoms with E-state index in [-0.39, 0.29) is 10.8 Å². The van der Waals surface area contributed by atoms with E-state index in [1.807, 2.05) is 30.3 Å². The van der Waals surface area contributed by atoms with Gasteiger partial charge >= 0.3 is 0 Å². The Kier molecular flexibility index (Phi) is 4.82. The van der Waals surface area contributed by atoms with Crippen molar-refractivity contribution in [2.24, 2.45) is 0 Å². The maximum Gasteiger partial charge on any atom is 0.277 e. The first-order chi connectivity index (χ1) is 13.4. The summed E-state index contributed by atoms with van der Waals surface area (Å²) >= 11 is 3.49. The number of carbonyl (C=O) groups is 1. The van der Waals surface area contributed by atoms with Crippen LogP contribution in [0.25, 0.3) is 11.3 Å². The number of amides is 1. The summed E-state index contributed by atoms with van der Waals surface area (Å²) in [5.41, 5.74) is 3.46. The minimum Gasteiger partial charge on any atom is -0.306 e. The van der Waals surface area contributed by atoms with Gasteiger partial charge in [-0.2, -0.15) is 5.10 Å². The van der Waals surface area contributed by atoms with Crippen LogP contribution in [0, 0.1) is 0 Å². The fraction of sp³-hybridized carbons (Fsp3) is 0.158. The van der Waals surface area contributed by atoms with Gasteiger partial charge in [0.2, 0.25) is 10.0 Å². The van der Waals surface area contributed by atoms with Gasteiger partial charge in [-0.3, -0.25) is 9.89 Å². The van der Waals surface area contributed by atoms with E-state index < -0.39 is 10.0 Å². The zero-order valence-corrected chi connectivity index (χ0v) is 17.3. The van der Waals surface area contributed by atoms with Crippen LogP contribution >= 0.6 is 15.9 Å². The van der Waals surface area contributed by atoms with Crippen molar-refractivity contribution >= 4 is 37.5 Å². The number of benzene rings is 2. The minimum absolute atomic E-state index is 0.192. The first-order valence-corrected chi connectivity index (χ1v) is 10.9. The Hall–Kier alpha value is -2.49. The third-order valence-corrected chi connectivity index (χ3v) is 6.92. The van der Waals surface area contributed by atoms with Crippen LogP contribution in [-0.4, -0.2) is 38.1 Å². The second-order valence-electron chi connectivity index (χ2n) is 6.33. The molecule has 7 nitrogen and oxygen atoms in total. The molecule has 2 aromatic carbocycles. The highest BCUT2D eigenvalue weighted by Crippen LogP contribution is 2.34. The van der Waals surface area contributed by atoms with E-state index in [0.29, 0.717) is 34.5 Å². The number of hydrogen-bond acceptors (Lipinski definition) is 4. The molecule has 0 unspecified atom stereocenters. The number of anilines is 1. The van der Waals surface area contributed by atoms with E-state index >= 15 is 0 Å². The molecule has 144 valence electrons. The maximum atomic E-state index is 13.1. The number of H-pyrrole nitrogens is 1. The van der Waals surface area contributed by atoms with Gasteiger partial charge in [0.1, 0.15) is 11.4 Å². The summed E-state index contributed by atoms with van der Waals surface area (Å²) in [5, 5.41) is 7.12. The molecule has 0 radical (unpaired) electrons. The van der Waals surface area contributed by atoms with Crippen molar-refractivity contribution in [3.05, 3.63) is 64.3 Å². The first-order valence-electron chi connectivity index (χ1n) is 8.60. The van der Waals surface area contributed by atoms with Gasteiger partial charge in [0.25, 0.3) is 5.91 Å². The topological polar surface area (TPSA) is 95.2 Å². The Labute approximate surface area is 170 Å². The smallest absolute Gasteiger partial charge is 0.277 e. The summed E-state index contributed by atoms with van der Waals surface area (Å²) < 4.78 is 26.9. The highest BCUT2D eigenvalue weighted by molar-refractivity contribution is 9.10. The zero-order chi connectivity index (χ0) is 19.9. The molecule has 0 atom stereocenters. The van der Waals surface area contributed by atoms with Gasteiger partial charge in [-0.15, -0.1) is 0 Å². The Bertz CT molecular complexity index is 1160. The number of halogens is 1. The molecule has 2 N–H and O–H groups in total. The van der Waals surface area contributed by atoms with Gasteiger partial charge in [0.15, 0.2) is 0 Å². The average Bonchev–Trinajstić information content (AvgIpc) is 3.31. The molecule has 4 rings (SSSR count). The molecule has 9 heteroatoms. The number of hydrogen-bond donors (Lipinski definition) is 2. The van der Waals surface area contributed by atoms with E-state index in [0.717, 1.165) is 11.1 Å². The van der Waals surface area contributed by atoms with Crippen LogP contribution in [0.4, 0.5) is 5.69 Å². The fourth-order valence-electron chi connectivity index (χ4n) is 3.27. The molecule has 1 aliphatic rings. The van der Waals surface area contributed by atoms with Gasteiger partial charge in [0.05, 0.1) is 9.37 Å². The summed E-state index contributed by atoms with van der Waals surface area (Å²) in [7, 11) is -2.15. The van der Waals surface area contributed by atoms with Crippen LogP contribution in [0.15, 0.2) is 57.9 Å². The van der Waals surface area contributed by atoms with E-state index in [2.05, 4.69) is 30.8 Å². The Morgan fingerprint density at radius 2 is 1.96 bits per heavy atom. The molecule has 0 saturated heterocycles. The van der Waals surface area contributed by atoms with Crippen LogP contribution in [0.1, 0.15) is 16.1 Å². The second-order valence-corrected chi connectivity index (χ2v) is 9.01. The number of rotatable bonds is 4. The molecule has 0 aliphatic carbocycles. The summed E-state index contributed by atoms with van der Waals surface area (Å²) in [5.74, 6) is -0.218. The quantitative estimate of drug-likeness (QED) is 0.625. The third-order valence-electron chi connectivity index (χ3n) is 4.74. The van der Waals surface area contributed by atoms with Gasteiger partial charge in [-0.25, -0.2) is 13.1 Å². The maximum absolute atomic E-state index is 13.1. The van der Waals surface area contributed by atoms with E-state index in [1.54, 1.807) is 17.0 Å². The van der Waals surface area contributed by atoms with Crippen LogP contribution in [0.3, 0.4) is 0 Å². The molecule has 1 aromatic heterocycles. The molecule has 0 saturated carbocycles. The molecule has 28 heavy (non-hydrogen) atoms. The molecule has 1 amide bonds. The Balaban J connectivity index is 1.66. The van der Waals surface area contributed by atoms with Crippen LogP contribution in [0.2, 0.25) is 0 Å². The summed E-state index contributed by atoms with van der Waals surface area (Å²) in [6.45, 7) is 0.476. The van der Waals surface area contributed by atoms with Gasteiger partial charge < -0.3 is 4.90 Å². The Morgan fingerprint density at radius 3 is 2.68 bits per heavy atom. The number of sulfonamides is 1. The lowest BCUT2D eigenvalue weighted by molar-refractivity contribution is 0.0984. The van der Waals surface area contributed by atoms with Crippen LogP contribution < -0.4 is 9.62 Å². The minimum atomic E-state index is -3.52. The number of nitrogens with zero attached hydrogens (tertiary/aromatic N) is 2. The van der Waals surface area contributed by atoms with Crippen LogP contribution in [-0.2, 0) is 16.4 Å². The molecule has 1 aliphatic heterocycles. The van der Waals surface area contributed by atoms with Crippen molar-refractivity contribution in [1.82, 2.24) is 14.9 Å². The van der Waals surface area contributed by atoms with Crippen molar-refractivity contribution < 1.29 is 13.2 Å². The van der Waals surface area contributed by atoms with E-state index in [4.69, 9.17) is 0 Å². The normalized spacial score (nSPS) is 13.6. The van der Waals surface area contributed by atoms with Crippen LogP contribution in [0.5, 0.6) is 0 Å². The highest BCUT2D eigenvalue weighted by Gasteiger charge is 2.30. The first kappa shape index (κ1) is 18.9. The number of aromatic amines is 1. The molecule has 0 fully saturated rings. The second kappa shape index (κ2) is 7.16. The fourth-order valence-corrected chi connectivity index (χ4v) is 4.62. The number of aromatic nitrogens is 2. The lowest BCUT2D eigenvalue weighted by atomic mass is 10.1. The zero-order valence-electron chi connectivity index (χ0n) is 14.9. The van der Waals surface area contributed by atoms with Crippen molar-refractivity contribution in [3.63, 3.8) is 0 Å². The molecular weight excluding hydrogens is 444 g/mol. The molecule has 0 spiro atoms. The average molecular weight is 461 g/mol. The molecule has 3 aromatic rings. The predicted molar refractivity (Wildman–Crippen MR) is 110 cm³/mol. The van der Waals surface area contributed by atoms with Gasteiger partial charge in [0, 0.05) is 17.8 Å². The van der Waals surface area contributed by atoms with E-state index in [9.17, 15) is 13.2 Å². The van der Waals surface area contributed by atoms with Crippen molar-refractivity contribution in [2.75, 3.05) is 18.5 Å². The lowest BCUT2D eigenvalue weighted by Crippen LogP contribution is -2.29. The molecule has 0 bridgehead atoms.